The molecule has 0 spiro atoms. The third kappa shape index (κ3) is 4.97. The Morgan fingerprint density at radius 1 is 1.08 bits per heavy atom. The molecule has 5 rings (SSSR count). The first kappa shape index (κ1) is 22.9. The van der Waals surface area contributed by atoms with Gasteiger partial charge in [-0.3, -0.25) is 4.79 Å². The summed E-state index contributed by atoms with van der Waals surface area (Å²) in [5, 5.41) is 8.82. The minimum absolute atomic E-state index is 0.178. The Morgan fingerprint density at radius 2 is 1.92 bits per heavy atom. The van der Waals surface area contributed by atoms with Gasteiger partial charge in [-0.2, -0.15) is 5.10 Å². The average Bonchev–Trinajstić information content (AvgIpc) is 3.23. The topological polar surface area (TPSA) is 101 Å². The van der Waals surface area contributed by atoms with Gasteiger partial charge >= 0.3 is 6.03 Å². The molecular weight excluding hydrogens is 454 g/mol. The normalized spacial score (nSPS) is 11.3. The predicted octanol–water partition coefficient (Wildman–Crippen LogP) is 5.06. The summed E-state index contributed by atoms with van der Waals surface area (Å²) < 4.78 is 8.08. The molecule has 0 bridgehead atoms. The molecule has 180 valence electrons. The van der Waals surface area contributed by atoms with Gasteiger partial charge in [-0.1, -0.05) is 30.3 Å². The molecule has 0 saturated heterocycles. The standard InChI is InChI=1S/C28H25N5O3/c1-18-12-27(34)31-24-15-26(36-17-19-6-4-3-5-7-19)21(14-23(18)24)16-29-32-28(35)30-22-8-9-25-20(13-22)10-11-33(25)2/h3-16H,17H2,1-2H3,(H,31,34)(H2,30,32,35)/b29-16+. The number of amides is 2. The summed E-state index contributed by atoms with van der Waals surface area (Å²) in [6.45, 7) is 2.22. The van der Waals surface area contributed by atoms with Crippen LogP contribution in [-0.4, -0.2) is 21.8 Å². The highest BCUT2D eigenvalue weighted by Gasteiger charge is 2.09. The highest BCUT2D eigenvalue weighted by Crippen LogP contribution is 2.26. The molecule has 0 aliphatic carbocycles. The van der Waals surface area contributed by atoms with Gasteiger partial charge in [0.25, 0.3) is 0 Å². The number of aryl methyl sites for hydroxylation is 2. The number of anilines is 1. The Labute approximate surface area is 207 Å². The summed E-state index contributed by atoms with van der Waals surface area (Å²) in [6.07, 6.45) is 3.50. The lowest BCUT2D eigenvalue weighted by atomic mass is 10.1. The average molecular weight is 480 g/mol. The van der Waals surface area contributed by atoms with Crippen LogP contribution >= 0.6 is 0 Å². The molecule has 8 heteroatoms. The third-order valence-corrected chi connectivity index (χ3v) is 5.93. The van der Waals surface area contributed by atoms with Crippen molar-refractivity contribution in [2.45, 2.75) is 13.5 Å². The molecule has 0 atom stereocenters. The number of benzene rings is 3. The van der Waals surface area contributed by atoms with Crippen molar-refractivity contribution in [1.29, 1.82) is 0 Å². The molecule has 3 aromatic carbocycles. The van der Waals surface area contributed by atoms with Gasteiger partial charge in [-0.15, -0.1) is 0 Å². The number of carbonyl (C=O) groups excluding carboxylic acids is 1. The van der Waals surface area contributed by atoms with E-state index in [1.807, 2.05) is 85.4 Å². The highest BCUT2D eigenvalue weighted by molar-refractivity contribution is 5.96. The lowest BCUT2D eigenvalue weighted by molar-refractivity contribution is 0.252. The predicted molar refractivity (Wildman–Crippen MR) is 143 cm³/mol. The second-order valence-electron chi connectivity index (χ2n) is 8.55. The number of fused-ring (bicyclic) bond motifs is 2. The van der Waals surface area contributed by atoms with E-state index in [9.17, 15) is 9.59 Å². The van der Waals surface area contributed by atoms with Crippen LogP contribution in [0.15, 0.2) is 88.9 Å². The molecule has 0 radical (unpaired) electrons. The van der Waals surface area contributed by atoms with Crippen LogP contribution in [0.3, 0.4) is 0 Å². The van der Waals surface area contributed by atoms with E-state index in [2.05, 4.69) is 20.8 Å². The fourth-order valence-electron chi connectivity index (χ4n) is 4.11. The van der Waals surface area contributed by atoms with Crippen LogP contribution in [0.4, 0.5) is 10.5 Å². The smallest absolute Gasteiger partial charge is 0.339 e. The molecule has 0 unspecified atom stereocenters. The van der Waals surface area contributed by atoms with Crippen molar-refractivity contribution >= 4 is 39.7 Å². The van der Waals surface area contributed by atoms with Crippen LogP contribution in [0, 0.1) is 6.92 Å². The van der Waals surface area contributed by atoms with E-state index in [0.29, 0.717) is 29.1 Å². The molecule has 0 aliphatic heterocycles. The van der Waals surface area contributed by atoms with Crippen molar-refractivity contribution in [3.05, 3.63) is 106 Å². The maximum atomic E-state index is 12.4. The van der Waals surface area contributed by atoms with Crippen molar-refractivity contribution in [2.75, 3.05) is 5.32 Å². The zero-order valence-corrected chi connectivity index (χ0v) is 19.9. The maximum absolute atomic E-state index is 12.4. The Kier molecular flexibility index (Phi) is 6.23. The quantitative estimate of drug-likeness (QED) is 0.234. The largest absolute Gasteiger partial charge is 0.488 e. The van der Waals surface area contributed by atoms with Gasteiger partial charge in [-0.25, -0.2) is 10.2 Å². The molecule has 2 aromatic heterocycles. The maximum Gasteiger partial charge on any atom is 0.339 e. The Bertz CT molecular complexity index is 1650. The summed E-state index contributed by atoms with van der Waals surface area (Å²) >= 11 is 0. The molecule has 0 fully saturated rings. The fourth-order valence-corrected chi connectivity index (χ4v) is 4.11. The lowest BCUT2D eigenvalue weighted by Gasteiger charge is -2.12. The van der Waals surface area contributed by atoms with E-state index in [1.54, 1.807) is 12.1 Å². The number of nitrogens with one attached hydrogen (secondary N) is 3. The number of urea groups is 1. The zero-order chi connectivity index (χ0) is 25.1. The molecule has 36 heavy (non-hydrogen) atoms. The highest BCUT2D eigenvalue weighted by atomic mass is 16.5. The number of hydrogen-bond donors (Lipinski definition) is 3. The van der Waals surface area contributed by atoms with E-state index in [0.717, 1.165) is 27.4 Å². The molecule has 3 N–H and O–H groups in total. The first-order valence-corrected chi connectivity index (χ1v) is 11.5. The molecule has 8 nitrogen and oxygen atoms in total. The summed E-state index contributed by atoms with van der Waals surface area (Å²) in [7, 11) is 1.97. The number of aromatic nitrogens is 2. The van der Waals surface area contributed by atoms with Gasteiger partial charge in [-0.05, 0) is 48.4 Å². The van der Waals surface area contributed by atoms with E-state index in [4.69, 9.17) is 4.74 Å². The first-order chi connectivity index (χ1) is 17.5. The summed E-state index contributed by atoms with van der Waals surface area (Å²) in [5.41, 5.74) is 7.25. The van der Waals surface area contributed by atoms with Crippen LogP contribution in [0.1, 0.15) is 16.7 Å². The van der Waals surface area contributed by atoms with Crippen molar-refractivity contribution in [3.63, 3.8) is 0 Å². The van der Waals surface area contributed by atoms with Crippen LogP contribution in [-0.2, 0) is 13.7 Å². The number of aromatic amines is 1. The van der Waals surface area contributed by atoms with Gasteiger partial charge in [0.15, 0.2) is 0 Å². The minimum Gasteiger partial charge on any atom is -0.488 e. The minimum atomic E-state index is -0.463. The van der Waals surface area contributed by atoms with Crippen LogP contribution in [0.2, 0.25) is 0 Å². The Balaban J connectivity index is 1.35. The number of nitrogens with zero attached hydrogens (tertiary/aromatic N) is 2. The molecule has 2 heterocycles. The monoisotopic (exact) mass is 479 g/mol. The second kappa shape index (κ2) is 9.79. The summed E-state index contributed by atoms with van der Waals surface area (Å²) in [5.74, 6) is 0.535. The Morgan fingerprint density at radius 3 is 2.75 bits per heavy atom. The van der Waals surface area contributed by atoms with Gasteiger partial charge in [0.05, 0.1) is 11.7 Å². The first-order valence-electron chi connectivity index (χ1n) is 11.5. The number of H-pyrrole nitrogens is 1. The van der Waals surface area contributed by atoms with E-state index in [-0.39, 0.29) is 5.56 Å². The van der Waals surface area contributed by atoms with Crippen LogP contribution in [0.25, 0.3) is 21.8 Å². The van der Waals surface area contributed by atoms with Crippen LogP contribution in [0.5, 0.6) is 5.75 Å². The van der Waals surface area contributed by atoms with Crippen LogP contribution < -0.4 is 21.0 Å². The van der Waals surface area contributed by atoms with E-state index in [1.165, 1.54) is 6.21 Å². The van der Waals surface area contributed by atoms with Crippen molar-refractivity contribution in [2.24, 2.45) is 12.1 Å². The molecule has 0 saturated carbocycles. The molecule has 2 amide bonds. The summed E-state index contributed by atoms with van der Waals surface area (Å²) in [4.78, 5) is 27.3. The molecule has 0 aliphatic rings. The number of pyridine rings is 1. The fraction of sp³-hybridized carbons (Fsp3) is 0.107. The SMILES string of the molecule is Cc1cc(=O)[nH]c2cc(OCc3ccccc3)c(/C=N/NC(=O)Nc3ccc4c(ccn4C)c3)cc12. The second-order valence-corrected chi connectivity index (χ2v) is 8.55. The molecular formula is C28H25N5O3. The zero-order valence-electron chi connectivity index (χ0n) is 19.9. The number of rotatable bonds is 6. The van der Waals surface area contributed by atoms with Gasteiger partial charge in [0.2, 0.25) is 5.56 Å². The van der Waals surface area contributed by atoms with Crippen molar-refractivity contribution < 1.29 is 9.53 Å². The van der Waals surface area contributed by atoms with Gasteiger partial charge in [0.1, 0.15) is 12.4 Å². The number of ether oxygens (including phenoxy) is 1. The number of hydrogen-bond acceptors (Lipinski definition) is 4. The summed E-state index contributed by atoms with van der Waals surface area (Å²) in [6, 6.07) is 22.2. The van der Waals surface area contributed by atoms with Crippen molar-refractivity contribution in [1.82, 2.24) is 15.0 Å². The number of carbonyl (C=O) groups is 1. The van der Waals surface area contributed by atoms with Gasteiger partial charge in [0, 0.05) is 52.9 Å². The Hall–Kier alpha value is -4.85. The number of hydrazone groups is 1. The molecule has 5 aromatic rings. The van der Waals surface area contributed by atoms with E-state index >= 15 is 0 Å². The third-order valence-electron chi connectivity index (χ3n) is 5.93. The van der Waals surface area contributed by atoms with E-state index < -0.39 is 6.03 Å². The van der Waals surface area contributed by atoms with Crippen molar-refractivity contribution in [3.8, 4) is 5.75 Å². The van der Waals surface area contributed by atoms with Gasteiger partial charge < -0.3 is 19.6 Å². The lowest BCUT2D eigenvalue weighted by Crippen LogP contribution is -2.24.